The van der Waals surface area contributed by atoms with E-state index in [4.69, 9.17) is 14.9 Å². The van der Waals surface area contributed by atoms with Crippen LogP contribution in [-0.4, -0.2) is 52.6 Å². The molecule has 0 radical (unpaired) electrons. The number of fused-ring (bicyclic) bond motifs is 2. The van der Waals surface area contributed by atoms with Gasteiger partial charge in [-0.15, -0.1) is 0 Å². The summed E-state index contributed by atoms with van der Waals surface area (Å²) in [6, 6.07) is 7.56. The van der Waals surface area contributed by atoms with E-state index in [2.05, 4.69) is 10.6 Å². The molecule has 3 atom stereocenters. The Hall–Kier alpha value is -3.66. The normalized spacial score (nSPS) is 24.9. The minimum absolute atomic E-state index is 0.0166. The number of aliphatic hydroxyl groups is 1. The Kier molecular flexibility index (Phi) is 5.63. The number of nitrogens with one attached hydrogen (secondary N) is 3. The highest BCUT2D eigenvalue weighted by Gasteiger charge is 2.41. The fourth-order valence-electron chi connectivity index (χ4n) is 4.90. The van der Waals surface area contributed by atoms with Crippen molar-refractivity contribution in [1.82, 2.24) is 15.5 Å². The number of benzene rings is 2. The standard InChI is InChI=1S/C25H27FN4O5/c1-25(2)11-21(32)30(24(27)29-25)17-7-8-34-19-5-3-13(9-15(17)19)23(33)28-22-16-10-14(26)4-6-20(16)35-12-18(22)31/h3-6,9-10,17-18,22,31H,7-8,11-12H2,1-2H3,(H2,27,29)(H,28,33)/t17-,18-,22-/m1/s1. The van der Waals surface area contributed by atoms with Gasteiger partial charge in [-0.05, 0) is 50.2 Å². The maximum Gasteiger partial charge on any atom is 0.251 e. The van der Waals surface area contributed by atoms with Crippen molar-refractivity contribution in [3.05, 3.63) is 58.9 Å². The molecule has 184 valence electrons. The lowest BCUT2D eigenvalue weighted by Crippen LogP contribution is -2.60. The van der Waals surface area contributed by atoms with Gasteiger partial charge in [0.1, 0.15) is 30.0 Å². The van der Waals surface area contributed by atoms with E-state index in [1.165, 1.54) is 23.1 Å². The number of rotatable bonds is 3. The lowest BCUT2D eigenvalue weighted by molar-refractivity contribution is -0.132. The van der Waals surface area contributed by atoms with Crippen LogP contribution in [-0.2, 0) is 4.79 Å². The molecule has 3 aliphatic heterocycles. The lowest BCUT2D eigenvalue weighted by atomic mass is 9.92. The molecule has 3 heterocycles. The Morgan fingerprint density at radius 3 is 2.71 bits per heavy atom. The molecule has 0 aromatic heterocycles. The summed E-state index contributed by atoms with van der Waals surface area (Å²) < 4.78 is 25.1. The second kappa shape index (κ2) is 8.53. The van der Waals surface area contributed by atoms with Gasteiger partial charge in [0.15, 0.2) is 5.96 Å². The van der Waals surface area contributed by atoms with Gasteiger partial charge in [-0.2, -0.15) is 0 Å². The van der Waals surface area contributed by atoms with E-state index < -0.39 is 35.5 Å². The zero-order chi connectivity index (χ0) is 24.9. The van der Waals surface area contributed by atoms with E-state index in [-0.39, 0.29) is 24.9 Å². The average Bonchev–Trinajstić information content (AvgIpc) is 2.79. The number of carbonyl (C=O) groups excluding carboxylic acids is 2. The van der Waals surface area contributed by atoms with Gasteiger partial charge in [-0.25, -0.2) is 4.39 Å². The number of nitrogens with zero attached hydrogens (tertiary/aromatic N) is 1. The van der Waals surface area contributed by atoms with Gasteiger partial charge < -0.3 is 25.2 Å². The van der Waals surface area contributed by atoms with Gasteiger partial charge in [-0.3, -0.25) is 19.9 Å². The third kappa shape index (κ3) is 4.29. The first-order chi connectivity index (χ1) is 16.6. The van der Waals surface area contributed by atoms with Gasteiger partial charge in [-0.1, -0.05) is 0 Å². The van der Waals surface area contributed by atoms with Crippen LogP contribution >= 0.6 is 0 Å². The molecule has 3 aliphatic rings. The predicted octanol–water partition coefficient (Wildman–Crippen LogP) is 2.41. The third-order valence-electron chi connectivity index (χ3n) is 6.54. The van der Waals surface area contributed by atoms with Gasteiger partial charge in [0, 0.05) is 35.1 Å². The molecular formula is C25H27FN4O5. The molecule has 1 fully saturated rings. The number of hydrogen-bond acceptors (Lipinski definition) is 6. The molecule has 0 bridgehead atoms. The van der Waals surface area contributed by atoms with E-state index in [0.717, 1.165) is 0 Å². The molecule has 0 unspecified atom stereocenters. The maximum absolute atomic E-state index is 13.9. The first-order valence-electron chi connectivity index (χ1n) is 11.5. The van der Waals surface area contributed by atoms with E-state index in [9.17, 15) is 19.1 Å². The van der Waals surface area contributed by atoms with Crippen LogP contribution in [0.1, 0.15) is 60.3 Å². The monoisotopic (exact) mass is 482 g/mol. The van der Waals surface area contributed by atoms with Crippen LogP contribution in [0.3, 0.4) is 0 Å². The van der Waals surface area contributed by atoms with Crippen LogP contribution in [0.2, 0.25) is 0 Å². The number of aliphatic hydroxyl groups excluding tert-OH is 1. The molecule has 0 saturated carbocycles. The van der Waals surface area contributed by atoms with Crippen molar-refractivity contribution in [2.75, 3.05) is 13.2 Å². The van der Waals surface area contributed by atoms with Crippen molar-refractivity contribution < 1.29 is 28.6 Å². The summed E-state index contributed by atoms with van der Waals surface area (Å²) in [5, 5.41) is 24.7. The number of ether oxygens (including phenoxy) is 2. The molecule has 2 amide bonds. The lowest BCUT2D eigenvalue weighted by Gasteiger charge is -2.43. The predicted molar refractivity (Wildman–Crippen MR) is 124 cm³/mol. The molecule has 1 saturated heterocycles. The zero-order valence-electron chi connectivity index (χ0n) is 19.4. The Morgan fingerprint density at radius 1 is 1.20 bits per heavy atom. The Balaban J connectivity index is 1.43. The SMILES string of the molecule is CC1(C)CC(=O)N([C@@H]2CCOc3ccc(C(=O)N[C@@H]4c5cc(F)ccc5OC[C@H]4O)cc32)C(=N)N1. The molecule has 0 aliphatic carbocycles. The maximum atomic E-state index is 13.9. The Labute approximate surface area is 201 Å². The second-order valence-electron chi connectivity index (χ2n) is 9.72. The number of hydrogen-bond donors (Lipinski definition) is 4. The smallest absolute Gasteiger partial charge is 0.251 e. The summed E-state index contributed by atoms with van der Waals surface area (Å²) in [4.78, 5) is 27.6. The fraction of sp³-hybridized carbons (Fsp3) is 0.400. The number of carbonyl (C=O) groups is 2. The zero-order valence-corrected chi connectivity index (χ0v) is 19.4. The topological polar surface area (TPSA) is 124 Å². The summed E-state index contributed by atoms with van der Waals surface area (Å²) in [7, 11) is 0. The first kappa shape index (κ1) is 23.1. The third-order valence-corrected chi connectivity index (χ3v) is 6.54. The molecule has 35 heavy (non-hydrogen) atoms. The molecule has 0 spiro atoms. The van der Waals surface area contributed by atoms with Crippen molar-refractivity contribution in [2.24, 2.45) is 0 Å². The van der Waals surface area contributed by atoms with Crippen LogP contribution in [0.4, 0.5) is 4.39 Å². The van der Waals surface area contributed by atoms with Crippen LogP contribution in [0.15, 0.2) is 36.4 Å². The number of guanidine groups is 1. The first-order valence-corrected chi connectivity index (χ1v) is 11.5. The molecule has 5 rings (SSSR count). The van der Waals surface area contributed by atoms with Crippen molar-refractivity contribution in [3.63, 3.8) is 0 Å². The number of halogens is 1. The molecule has 10 heteroatoms. The second-order valence-corrected chi connectivity index (χ2v) is 9.72. The van der Waals surface area contributed by atoms with Gasteiger partial charge in [0.2, 0.25) is 5.91 Å². The van der Waals surface area contributed by atoms with Crippen molar-refractivity contribution in [1.29, 1.82) is 5.41 Å². The summed E-state index contributed by atoms with van der Waals surface area (Å²) in [5.41, 5.74) is 0.765. The van der Waals surface area contributed by atoms with Crippen molar-refractivity contribution in [2.45, 2.75) is 50.4 Å². The molecule has 2 aromatic carbocycles. The van der Waals surface area contributed by atoms with Gasteiger partial charge in [0.05, 0.1) is 18.7 Å². The van der Waals surface area contributed by atoms with Crippen LogP contribution in [0, 0.1) is 11.2 Å². The Bertz CT molecular complexity index is 1200. The summed E-state index contributed by atoms with van der Waals surface area (Å²) >= 11 is 0. The quantitative estimate of drug-likeness (QED) is 0.533. The highest BCUT2D eigenvalue weighted by molar-refractivity contribution is 6.00. The minimum atomic E-state index is -1.05. The molecule has 2 aromatic rings. The van der Waals surface area contributed by atoms with E-state index >= 15 is 0 Å². The van der Waals surface area contributed by atoms with Gasteiger partial charge >= 0.3 is 0 Å². The fourth-order valence-corrected chi connectivity index (χ4v) is 4.90. The number of amides is 2. The minimum Gasteiger partial charge on any atom is -0.493 e. The largest absolute Gasteiger partial charge is 0.493 e. The highest BCUT2D eigenvalue weighted by atomic mass is 19.1. The molecular weight excluding hydrogens is 455 g/mol. The van der Waals surface area contributed by atoms with E-state index in [0.29, 0.717) is 41.2 Å². The Morgan fingerprint density at radius 2 is 1.94 bits per heavy atom. The summed E-state index contributed by atoms with van der Waals surface area (Å²) in [6.45, 7) is 4.07. The van der Waals surface area contributed by atoms with Crippen LogP contribution in [0.25, 0.3) is 0 Å². The van der Waals surface area contributed by atoms with E-state index in [1.54, 1.807) is 18.2 Å². The van der Waals surface area contributed by atoms with Crippen LogP contribution < -0.4 is 20.1 Å². The molecule has 9 nitrogen and oxygen atoms in total. The summed E-state index contributed by atoms with van der Waals surface area (Å²) in [6.07, 6.45) is -0.345. The average molecular weight is 483 g/mol. The summed E-state index contributed by atoms with van der Waals surface area (Å²) in [5.74, 6) is -0.184. The van der Waals surface area contributed by atoms with Crippen molar-refractivity contribution >= 4 is 17.8 Å². The van der Waals surface area contributed by atoms with Crippen molar-refractivity contribution in [3.8, 4) is 11.5 Å². The van der Waals surface area contributed by atoms with Crippen LogP contribution in [0.5, 0.6) is 11.5 Å². The van der Waals surface area contributed by atoms with E-state index in [1.807, 2.05) is 13.8 Å². The van der Waals surface area contributed by atoms with Gasteiger partial charge in [0.25, 0.3) is 5.91 Å². The molecule has 4 N–H and O–H groups in total. The highest BCUT2D eigenvalue weighted by Crippen LogP contribution is 2.39.